The molecule has 27 heavy (non-hydrogen) atoms. The number of carbonyl (C=O) groups excluding carboxylic acids is 3. The van der Waals surface area contributed by atoms with Gasteiger partial charge in [-0.3, -0.25) is 9.59 Å². The van der Waals surface area contributed by atoms with E-state index in [1.807, 2.05) is 0 Å². The van der Waals surface area contributed by atoms with Gasteiger partial charge in [-0.15, -0.1) is 11.3 Å². The van der Waals surface area contributed by atoms with Crippen LogP contribution in [0.3, 0.4) is 0 Å². The van der Waals surface area contributed by atoms with E-state index in [1.165, 1.54) is 12.1 Å². The van der Waals surface area contributed by atoms with Gasteiger partial charge in [0.2, 0.25) is 5.91 Å². The largest absolute Gasteiger partial charge is 0.465 e. The van der Waals surface area contributed by atoms with E-state index in [0.717, 1.165) is 24.5 Å². The summed E-state index contributed by atoms with van der Waals surface area (Å²) >= 11 is 1.14. The van der Waals surface area contributed by atoms with Crippen molar-refractivity contribution in [2.75, 3.05) is 17.7 Å². The lowest BCUT2D eigenvalue weighted by Gasteiger charge is -2.16. The highest BCUT2D eigenvalue weighted by molar-refractivity contribution is 7.18. The lowest BCUT2D eigenvalue weighted by Crippen LogP contribution is -2.27. The Morgan fingerprint density at radius 2 is 1.78 bits per heavy atom. The number of amides is 2. The molecule has 0 aliphatic heterocycles. The van der Waals surface area contributed by atoms with Crippen molar-refractivity contribution in [2.24, 2.45) is 5.41 Å². The fourth-order valence-electron chi connectivity index (χ4n) is 2.13. The van der Waals surface area contributed by atoms with Gasteiger partial charge in [0.1, 0.15) is 5.82 Å². The van der Waals surface area contributed by atoms with Crippen LogP contribution in [-0.2, 0) is 9.53 Å². The summed E-state index contributed by atoms with van der Waals surface area (Å²) in [6, 6.07) is 5.36. The first kappa shape index (κ1) is 20.6. The maximum atomic E-state index is 13.7. The van der Waals surface area contributed by atoms with Gasteiger partial charge in [0.25, 0.3) is 5.91 Å². The zero-order valence-corrected chi connectivity index (χ0v) is 16.5. The molecule has 6 nitrogen and oxygen atoms in total. The molecule has 2 amide bonds. The molecule has 8 heteroatoms. The first-order chi connectivity index (χ1) is 12.5. The van der Waals surface area contributed by atoms with E-state index in [1.54, 1.807) is 33.8 Å². The maximum absolute atomic E-state index is 13.7. The molecule has 0 saturated heterocycles. The van der Waals surface area contributed by atoms with E-state index >= 15 is 0 Å². The van der Waals surface area contributed by atoms with Crippen LogP contribution in [0.25, 0.3) is 0 Å². The molecule has 144 valence electrons. The van der Waals surface area contributed by atoms with Gasteiger partial charge < -0.3 is 15.4 Å². The Bertz CT molecular complexity index is 900. The average Bonchev–Trinajstić information content (AvgIpc) is 2.95. The summed E-state index contributed by atoms with van der Waals surface area (Å²) in [7, 11) is 1.15. The molecule has 0 radical (unpaired) electrons. The highest BCUT2D eigenvalue weighted by Gasteiger charge is 2.23. The van der Waals surface area contributed by atoms with Crippen molar-refractivity contribution >= 4 is 39.8 Å². The molecule has 2 rings (SSSR count). The van der Waals surface area contributed by atoms with E-state index in [0.29, 0.717) is 15.4 Å². The fourth-order valence-corrected chi connectivity index (χ4v) is 3.09. The van der Waals surface area contributed by atoms with Crippen LogP contribution in [0.5, 0.6) is 0 Å². The van der Waals surface area contributed by atoms with Crippen molar-refractivity contribution in [2.45, 2.75) is 27.7 Å². The van der Waals surface area contributed by atoms with Gasteiger partial charge in [-0.1, -0.05) is 20.8 Å². The van der Waals surface area contributed by atoms with Gasteiger partial charge in [0.15, 0.2) is 0 Å². The second-order valence-electron chi connectivity index (χ2n) is 6.97. The smallest absolute Gasteiger partial charge is 0.340 e. The number of anilines is 2. The summed E-state index contributed by atoms with van der Waals surface area (Å²) in [6.45, 7) is 7.14. The Kier molecular flexibility index (Phi) is 6.00. The molecule has 0 saturated carbocycles. The van der Waals surface area contributed by atoms with Crippen LogP contribution in [0.2, 0.25) is 0 Å². The summed E-state index contributed by atoms with van der Waals surface area (Å²) in [6.07, 6.45) is 0. The van der Waals surface area contributed by atoms with Crippen LogP contribution in [0.4, 0.5) is 15.1 Å². The number of benzene rings is 1. The third kappa shape index (κ3) is 4.91. The minimum Gasteiger partial charge on any atom is -0.465 e. The number of methoxy groups -OCH3 is 1. The topological polar surface area (TPSA) is 84.5 Å². The SMILES string of the molecule is COC(=O)c1cc(NC(=O)c2sc(NC(=O)C(C)(C)C)cc2C)ccc1F. The highest BCUT2D eigenvalue weighted by atomic mass is 32.1. The number of rotatable bonds is 4. The van der Waals surface area contributed by atoms with Crippen molar-refractivity contribution in [3.63, 3.8) is 0 Å². The van der Waals surface area contributed by atoms with Crippen molar-refractivity contribution < 1.29 is 23.5 Å². The number of nitrogens with one attached hydrogen (secondary N) is 2. The predicted molar refractivity (Wildman–Crippen MR) is 103 cm³/mol. The number of carbonyl (C=O) groups is 3. The molecule has 2 aromatic rings. The Morgan fingerprint density at radius 3 is 2.37 bits per heavy atom. The number of thiophene rings is 1. The summed E-state index contributed by atoms with van der Waals surface area (Å²) in [5, 5.41) is 5.98. The number of hydrogen-bond acceptors (Lipinski definition) is 5. The van der Waals surface area contributed by atoms with Crippen LogP contribution in [0, 0.1) is 18.2 Å². The maximum Gasteiger partial charge on any atom is 0.340 e. The van der Waals surface area contributed by atoms with E-state index in [9.17, 15) is 18.8 Å². The minimum absolute atomic E-state index is 0.156. The molecule has 0 bridgehead atoms. The summed E-state index contributed by atoms with van der Waals surface area (Å²) in [5.41, 5.74) is 0.127. The molecular weight excluding hydrogens is 371 g/mol. The molecule has 0 unspecified atom stereocenters. The van der Waals surface area contributed by atoms with Crippen molar-refractivity contribution in [1.29, 1.82) is 0 Å². The quantitative estimate of drug-likeness (QED) is 0.763. The molecule has 0 aliphatic carbocycles. The van der Waals surface area contributed by atoms with Crippen molar-refractivity contribution in [1.82, 2.24) is 0 Å². The van der Waals surface area contributed by atoms with Gasteiger partial charge in [0.05, 0.1) is 22.6 Å². The Balaban J connectivity index is 2.20. The summed E-state index contributed by atoms with van der Waals surface area (Å²) in [5.74, 6) is -2.14. The number of aryl methyl sites for hydroxylation is 1. The first-order valence-corrected chi connectivity index (χ1v) is 8.95. The molecule has 0 aliphatic rings. The van der Waals surface area contributed by atoms with Gasteiger partial charge in [-0.05, 0) is 36.8 Å². The number of hydrogen-bond donors (Lipinski definition) is 2. The second-order valence-corrected chi connectivity index (χ2v) is 8.02. The predicted octanol–water partition coefficient (Wildman–Crippen LogP) is 4.22. The highest BCUT2D eigenvalue weighted by Crippen LogP contribution is 2.29. The van der Waals surface area contributed by atoms with Gasteiger partial charge >= 0.3 is 5.97 Å². The Labute approximate surface area is 160 Å². The van der Waals surface area contributed by atoms with Crippen LogP contribution >= 0.6 is 11.3 Å². The van der Waals surface area contributed by atoms with Crippen LogP contribution in [-0.4, -0.2) is 24.9 Å². The van der Waals surface area contributed by atoms with Crippen LogP contribution in [0.1, 0.15) is 46.4 Å². The fraction of sp³-hybridized carbons (Fsp3) is 0.316. The normalized spacial score (nSPS) is 11.0. The lowest BCUT2D eigenvalue weighted by atomic mass is 9.96. The average molecular weight is 392 g/mol. The van der Waals surface area contributed by atoms with Crippen LogP contribution in [0.15, 0.2) is 24.3 Å². The van der Waals surface area contributed by atoms with E-state index in [2.05, 4.69) is 15.4 Å². The van der Waals surface area contributed by atoms with Crippen molar-refractivity contribution in [3.8, 4) is 0 Å². The van der Waals surface area contributed by atoms with Gasteiger partial charge in [-0.25, -0.2) is 9.18 Å². The standard InChI is InChI=1S/C19H21FN2O4S/c1-10-8-14(22-18(25)19(2,3)4)27-15(10)16(23)21-11-6-7-13(20)12(9-11)17(24)26-5/h6-9H,1-5H3,(H,21,23)(H,22,25). The molecule has 1 aromatic heterocycles. The van der Waals surface area contributed by atoms with Crippen molar-refractivity contribution in [3.05, 3.63) is 46.1 Å². The number of halogens is 1. The second kappa shape index (κ2) is 7.87. The summed E-state index contributed by atoms with van der Waals surface area (Å²) < 4.78 is 18.2. The number of ether oxygens (including phenoxy) is 1. The van der Waals surface area contributed by atoms with Crippen LogP contribution < -0.4 is 10.6 Å². The minimum atomic E-state index is -0.830. The lowest BCUT2D eigenvalue weighted by molar-refractivity contribution is -0.123. The molecule has 1 aromatic carbocycles. The Hall–Kier alpha value is -2.74. The zero-order valence-electron chi connectivity index (χ0n) is 15.7. The first-order valence-electron chi connectivity index (χ1n) is 8.14. The number of esters is 1. The van der Waals surface area contributed by atoms with E-state index < -0.39 is 23.1 Å². The molecule has 1 heterocycles. The third-order valence-electron chi connectivity index (χ3n) is 3.67. The van der Waals surface area contributed by atoms with Gasteiger partial charge in [-0.2, -0.15) is 0 Å². The van der Waals surface area contributed by atoms with E-state index in [-0.39, 0.29) is 17.2 Å². The van der Waals surface area contributed by atoms with E-state index in [4.69, 9.17) is 0 Å². The molecule has 0 atom stereocenters. The molecule has 0 fully saturated rings. The molecular formula is C19H21FN2O4S. The third-order valence-corrected chi connectivity index (χ3v) is 4.82. The molecule has 2 N–H and O–H groups in total. The van der Waals surface area contributed by atoms with Gasteiger partial charge in [0, 0.05) is 11.1 Å². The summed E-state index contributed by atoms with van der Waals surface area (Å²) in [4.78, 5) is 36.6. The monoisotopic (exact) mass is 392 g/mol. The Morgan fingerprint density at radius 1 is 1.11 bits per heavy atom. The molecule has 0 spiro atoms. The zero-order chi connectivity index (χ0) is 20.4.